The van der Waals surface area contributed by atoms with E-state index in [4.69, 9.17) is 16.7 Å². The molecule has 4 nitrogen and oxygen atoms in total. The summed E-state index contributed by atoms with van der Waals surface area (Å²) in [6, 6.07) is 4.16. The Kier molecular flexibility index (Phi) is 2.59. The minimum atomic E-state index is -0.989. The third-order valence-electron chi connectivity index (χ3n) is 2.79. The van der Waals surface area contributed by atoms with Crippen LogP contribution in [0.15, 0.2) is 18.2 Å². The molecule has 0 radical (unpaired) electrons. The van der Waals surface area contributed by atoms with Crippen LogP contribution in [0.3, 0.4) is 0 Å². The second-order valence-electron chi connectivity index (χ2n) is 3.78. The Balaban J connectivity index is 2.48. The SMILES string of the molecule is CN1C(=O)c2cc(Cl)ccc2CC1C(=O)O. The van der Waals surface area contributed by atoms with E-state index >= 15 is 0 Å². The second-order valence-corrected chi connectivity index (χ2v) is 4.21. The van der Waals surface area contributed by atoms with Gasteiger partial charge in [-0.2, -0.15) is 0 Å². The van der Waals surface area contributed by atoms with Crippen LogP contribution in [0.2, 0.25) is 5.02 Å². The van der Waals surface area contributed by atoms with Crippen LogP contribution in [0.5, 0.6) is 0 Å². The first-order valence-electron chi connectivity index (χ1n) is 4.79. The smallest absolute Gasteiger partial charge is 0.326 e. The Labute approximate surface area is 97.4 Å². The molecule has 0 saturated carbocycles. The third-order valence-corrected chi connectivity index (χ3v) is 3.02. The van der Waals surface area contributed by atoms with Crippen molar-refractivity contribution < 1.29 is 14.7 Å². The highest BCUT2D eigenvalue weighted by molar-refractivity contribution is 6.31. The maximum Gasteiger partial charge on any atom is 0.326 e. The molecule has 0 aliphatic carbocycles. The van der Waals surface area contributed by atoms with E-state index in [0.717, 1.165) is 5.56 Å². The minimum Gasteiger partial charge on any atom is -0.480 e. The number of benzene rings is 1. The van der Waals surface area contributed by atoms with Gasteiger partial charge in [-0.3, -0.25) is 4.79 Å². The maximum atomic E-state index is 11.9. The molecule has 2 rings (SSSR count). The van der Waals surface area contributed by atoms with Crippen LogP contribution in [-0.2, 0) is 11.2 Å². The first-order chi connectivity index (χ1) is 7.50. The van der Waals surface area contributed by atoms with Gasteiger partial charge in [0.1, 0.15) is 6.04 Å². The minimum absolute atomic E-state index is 0.295. The van der Waals surface area contributed by atoms with Crippen molar-refractivity contribution in [3.05, 3.63) is 34.3 Å². The van der Waals surface area contributed by atoms with Gasteiger partial charge in [-0.25, -0.2) is 4.79 Å². The molecule has 1 aliphatic heterocycles. The van der Waals surface area contributed by atoms with E-state index in [1.807, 2.05) is 0 Å². The number of fused-ring (bicyclic) bond motifs is 1. The molecule has 0 spiro atoms. The fourth-order valence-corrected chi connectivity index (χ4v) is 2.03. The van der Waals surface area contributed by atoms with Gasteiger partial charge in [-0.1, -0.05) is 17.7 Å². The lowest BCUT2D eigenvalue weighted by molar-refractivity contribution is -0.142. The van der Waals surface area contributed by atoms with Gasteiger partial charge in [0.15, 0.2) is 0 Å². The molecule has 16 heavy (non-hydrogen) atoms. The number of carboxylic acids is 1. The molecule has 0 saturated heterocycles. The topological polar surface area (TPSA) is 57.6 Å². The zero-order chi connectivity index (χ0) is 11.9. The van der Waals surface area contributed by atoms with E-state index < -0.39 is 12.0 Å². The summed E-state index contributed by atoms with van der Waals surface area (Å²) < 4.78 is 0. The molecular formula is C11H10ClNO3. The summed E-state index contributed by atoms with van der Waals surface area (Å²) in [4.78, 5) is 24.1. The number of carbonyl (C=O) groups is 2. The normalized spacial score (nSPS) is 19.5. The second kappa shape index (κ2) is 3.79. The first-order valence-corrected chi connectivity index (χ1v) is 5.17. The number of amides is 1. The van der Waals surface area contributed by atoms with Crippen molar-refractivity contribution in [2.24, 2.45) is 0 Å². The zero-order valence-corrected chi connectivity index (χ0v) is 9.36. The maximum absolute atomic E-state index is 11.9. The van der Waals surface area contributed by atoms with Gasteiger partial charge in [0, 0.05) is 24.1 Å². The van der Waals surface area contributed by atoms with E-state index in [1.165, 1.54) is 11.9 Å². The highest BCUT2D eigenvalue weighted by Crippen LogP contribution is 2.25. The van der Waals surface area contributed by atoms with Gasteiger partial charge < -0.3 is 10.0 Å². The summed E-state index contributed by atoms with van der Waals surface area (Å²) in [6.45, 7) is 0. The number of halogens is 1. The van der Waals surface area contributed by atoms with Crippen molar-refractivity contribution >= 4 is 23.5 Å². The molecule has 1 atom stereocenters. The van der Waals surface area contributed by atoms with Gasteiger partial charge >= 0.3 is 5.97 Å². The highest BCUT2D eigenvalue weighted by atomic mass is 35.5. The van der Waals surface area contributed by atoms with E-state index in [0.29, 0.717) is 17.0 Å². The number of carboxylic acid groups (broad SMARTS) is 1. The number of rotatable bonds is 1. The Morgan fingerprint density at radius 3 is 2.88 bits per heavy atom. The third kappa shape index (κ3) is 1.65. The van der Waals surface area contributed by atoms with Crippen LogP contribution >= 0.6 is 11.6 Å². The van der Waals surface area contributed by atoms with Crippen LogP contribution in [0.25, 0.3) is 0 Å². The number of hydrogen-bond acceptors (Lipinski definition) is 2. The van der Waals surface area contributed by atoms with Crippen LogP contribution in [-0.4, -0.2) is 35.0 Å². The van der Waals surface area contributed by atoms with E-state index in [2.05, 4.69) is 0 Å². The fraction of sp³-hybridized carbons (Fsp3) is 0.273. The largest absolute Gasteiger partial charge is 0.480 e. The lowest BCUT2D eigenvalue weighted by atomic mass is 9.94. The monoisotopic (exact) mass is 239 g/mol. The van der Waals surface area contributed by atoms with Gasteiger partial charge in [-0.05, 0) is 17.7 Å². The molecule has 1 aromatic rings. The number of nitrogens with zero attached hydrogens (tertiary/aromatic N) is 1. The van der Waals surface area contributed by atoms with E-state index in [9.17, 15) is 9.59 Å². The number of hydrogen-bond donors (Lipinski definition) is 1. The van der Waals surface area contributed by atoms with Crippen molar-refractivity contribution in [2.45, 2.75) is 12.5 Å². The average molecular weight is 240 g/mol. The predicted octanol–water partition coefficient (Wildman–Crippen LogP) is 1.42. The number of likely N-dealkylation sites (N-methyl/N-ethyl adjacent to an activating group) is 1. The molecule has 1 aromatic carbocycles. The standard InChI is InChI=1S/C11H10ClNO3/c1-13-9(11(15)16)4-6-2-3-7(12)5-8(6)10(13)14/h2-3,5,9H,4H2,1H3,(H,15,16). The van der Waals surface area contributed by atoms with Crippen molar-refractivity contribution in [3.63, 3.8) is 0 Å². The van der Waals surface area contributed by atoms with Crippen LogP contribution in [0.1, 0.15) is 15.9 Å². The summed E-state index contributed by atoms with van der Waals surface area (Å²) >= 11 is 5.80. The summed E-state index contributed by atoms with van der Waals surface area (Å²) in [7, 11) is 1.49. The molecule has 1 N–H and O–H groups in total. The van der Waals surface area contributed by atoms with Crippen LogP contribution in [0.4, 0.5) is 0 Å². The highest BCUT2D eigenvalue weighted by Gasteiger charge is 2.34. The van der Waals surface area contributed by atoms with Gasteiger partial charge in [0.25, 0.3) is 5.91 Å². The fourth-order valence-electron chi connectivity index (χ4n) is 1.86. The van der Waals surface area contributed by atoms with E-state index in [-0.39, 0.29) is 5.91 Å². The predicted molar refractivity (Wildman–Crippen MR) is 58.7 cm³/mol. The van der Waals surface area contributed by atoms with Crippen molar-refractivity contribution in [2.75, 3.05) is 7.05 Å². The molecule has 1 aliphatic rings. The molecule has 0 aromatic heterocycles. The molecular weight excluding hydrogens is 230 g/mol. The van der Waals surface area contributed by atoms with Crippen LogP contribution < -0.4 is 0 Å². The van der Waals surface area contributed by atoms with Crippen LogP contribution in [0, 0.1) is 0 Å². The molecule has 0 fully saturated rings. The number of aliphatic carboxylic acids is 1. The Morgan fingerprint density at radius 2 is 2.25 bits per heavy atom. The van der Waals surface area contributed by atoms with Gasteiger partial charge in [0.2, 0.25) is 0 Å². The molecule has 0 bridgehead atoms. The quantitative estimate of drug-likeness (QED) is 0.806. The summed E-state index contributed by atoms with van der Waals surface area (Å²) in [5.74, 6) is -1.28. The van der Waals surface area contributed by atoms with Gasteiger partial charge in [-0.15, -0.1) is 0 Å². The molecule has 1 heterocycles. The molecule has 1 amide bonds. The Morgan fingerprint density at radius 1 is 1.56 bits per heavy atom. The molecule has 84 valence electrons. The lowest BCUT2D eigenvalue weighted by Gasteiger charge is -2.30. The zero-order valence-electron chi connectivity index (χ0n) is 8.61. The lowest BCUT2D eigenvalue weighted by Crippen LogP contribution is -2.47. The Hall–Kier alpha value is -1.55. The molecule has 5 heteroatoms. The van der Waals surface area contributed by atoms with E-state index in [1.54, 1.807) is 18.2 Å². The molecule has 1 unspecified atom stereocenters. The van der Waals surface area contributed by atoms with Gasteiger partial charge in [0.05, 0.1) is 0 Å². The first kappa shape index (κ1) is 11.0. The number of carbonyl (C=O) groups excluding carboxylic acids is 1. The Bertz CT molecular complexity index is 472. The average Bonchev–Trinajstić information content (AvgIpc) is 2.23. The van der Waals surface area contributed by atoms with Crippen molar-refractivity contribution in [1.29, 1.82) is 0 Å². The summed E-state index contributed by atoms with van der Waals surface area (Å²) in [6.07, 6.45) is 0.323. The van der Waals surface area contributed by atoms with Crippen molar-refractivity contribution in [1.82, 2.24) is 4.90 Å². The summed E-state index contributed by atoms with van der Waals surface area (Å²) in [5.41, 5.74) is 1.23. The summed E-state index contributed by atoms with van der Waals surface area (Å²) in [5, 5.41) is 9.47. The van der Waals surface area contributed by atoms with Crippen molar-refractivity contribution in [3.8, 4) is 0 Å².